The summed E-state index contributed by atoms with van der Waals surface area (Å²) in [5, 5.41) is 10.5. The van der Waals surface area contributed by atoms with Crippen LogP contribution in [0.1, 0.15) is 12.8 Å². The molecule has 1 N–H and O–H groups in total. The van der Waals surface area contributed by atoms with Gasteiger partial charge in [0.25, 0.3) is 0 Å². The van der Waals surface area contributed by atoms with E-state index in [9.17, 15) is 9.59 Å². The van der Waals surface area contributed by atoms with E-state index in [2.05, 4.69) is 5.32 Å². The predicted molar refractivity (Wildman–Crippen MR) is 55.2 cm³/mol. The Morgan fingerprint density at radius 3 is 2.94 bits per heavy atom. The molecule has 88 valence electrons. The fraction of sp³-hybridized carbons (Fsp3) is 0.700. The summed E-state index contributed by atoms with van der Waals surface area (Å²) in [6.07, 6.45) is 1.93. The van der Waals surface area contributed by atoms with Crippen molar-refractivity contribution in [3.8, 4) is 6.07 Å². The van der Waals surface area contributed by atoms with Gasteiger partial charge in [0.2, 0.25) is 0 Å². The minimum Gasteiger partial charge on any atom is -0.376 e. The molecule has 0 spiro atoms. The van der Waals surface area contributed by atoms with Crippen molar-refractivity contribution in [2.75, 3.05) is 26.7 Å². The lowest BCUT2D eigenvalue weighted by Crippen LogP contribution is -2.43. The van der Waals surface area contributed by atoms with Crippen LogP contribution in [0.15, 0.2) is 0 Å². The van der Waals surface area contributed by atoms with Crippen molar-refractivity contribution in [2.24, 2.45) is 0 Å². The third-order valence-electron chi connectivity index (χ3n) is 2.37. The molecular weight excluding hydrogens is 210 g/mol. The quantitative estimate of drug-likeness (QED) is 0.506. The highest BCUT2D eigenvalue weighted by Gasteiger charge is 2.23. The lowest BCUT2D eigenvalue weighted by atomic mass is 10.2. The zero-order chi connectivity index (χ0) is 12.0. The molecule has 0 saturated carbocycles. The van der Waals surface area contributed by atoms with E-state index in [1.54, 1.807) is 13.1 Å². The Bertz CT molecular complexity index is 305. The first kappa shape index (κ1) is 12.5. The van der Waals surface area contributed by atoms with Crippen molar-refractivity contribution in [2.45, 2.75) is 18.9 Å². The first-order chi connectivity index (χ1) is 7.65. The average Bonchev–Trinajstić information content (AvgIpc) is 2.77. The van der Waals surface area contributed by atoms with Gasteiger partial charge in [0.15, 0.2) is 0 Å². The van der Waals surface area contributed by atoms with E-state index < -0.39 is 11.8 Å². The fourth-order valence-corrected chi connectivity index (χ4v) is 1.55. The second-order valence-corrected chi connectivity index (χ2v) is 3.66. The van der Waals surface area contributed by atoms with Crippen LogP contribution in [-0.4, -0.2) is 49.6 Å². The maximum Gasteiger partial charge on any atom is 0.311 e. The van der Waals surface area contributed by atoms with Crippen LogP contribution in [0.2, 0.25) is 0 Å². The van der Waals surface area contributed by atoms with Crippen LogP contribution < -0.4 is 5.32 Å². The number of nitrogens with zero attached hydrogens (tertiary/aromatic N) is 2. The number of likely N-dealkylation sites (N-methyl/N-ethyl adjacent to an activating group) is 1. The number of amides is 2. The van der Waals surface area contributed by atoms with Crippen molar-refractivity contribution in [1.82, 2.24) is 10.2 Å². The third-order valence-corrected chi connectivity index (χ3v) is 2.37. The molecular formula is C10H15N3O3. The Morgan fingerprint density at radius 1 is 1.62 bits per heavy atom. The number of carbonyl (C=O) groups excluding carboxylic acids is 2. The van der Waals surface area contributed by atoms with Crippen molar-refractivity contribution in [1.29, 1.82) is 5.26 Å². The monoisotopic (exact) mass is 225 g/mol. The Labute approximate surface area is 94.2 Å². The summed E-state index contributed by atoms with van der Waals surface area (Å²) in [6, 6.07) is 1.74. The molecule has 1 saturated heterocycles. The first-order valence-corrected chi connectivity index (χ1v) is 5.17. The molecule has 2 amide bonds. The van der Waals surface area contributed by atoms with Crippen LogP contribution in [-0.2, 0) is 14.3 Å². The number of rotatable bonds is 3. The Hall–Kier alpha value is -1.61. The number of ether oxygens (including phenoxy) is 1. The van der Waals surface area contributed by atoms with Crippen LogP contribution >= 0.6 is 0 Å². The summed E-state index contributed by atoms with van der Waals surface area (Å²) in [5.74, 6) is -1.38. The van der Waals surface area contributed by atoms with Gasteiger partial charge in [-0.05, 0) is 12.8 Å². The van der Waals surface area contributed by atoms with Gasteiger partial charge in [0.1, 0.15) is 6.54 Å². The minimum absolute atomic E-state index is 0.0257. The molecule has 1 heterocycles. The molecule has 1 rings (SSSR count). The summed E-state index contributed by atoms with van der Waals surface area (Å²) in [4.78, 5) is 24.0. The lowest BCUT2D eigenvalue weighted by Gasteiger charge is -2.19. The van der Waals surface area contributed by atoms with E-state index in [0.29, 0.717) is 13.2 Å². The summed E-state index contributed by atoms with van der Waals surface area (Å²) in [6.45, 7) is 0.977. The van der Waals surface area contributed by atoms with Gasteiger partial charge in [-0.15, -0.1) is 0 Å². The lowest BCUT2D eigenvalue weighted by molar-refractivity contribution is -0.145. The highest BCUT2D eigenvalue weighted by molar-refractivity contribution is 6.34. The van der Waals surface area contributed by atoms with Crippen LogP contribution in [0.4, 0.5) is 0 Å². The minimum atomic E-state index is -0.748. The molecule has 6 nitrogen and oxygen atoms in total. The van der Waals surface area contributed by atoms with Crippen molar-refractivity contribution in [3.63, 3.8) is 0 Å². The summed E-state index contributed by atoms with van der Waals surface area (Å²) >= 11 is 0. The summed E-state index contributed by atoms with van der Waals surface area (Å²) in [5.41, 5.74) is 0. The van der Waals surface area contributed by atoms with Gasteiger partial charge < -0.3 is 15.0 Å². The highest BCUT2D eigenvalue weighted by Crippen LogP contribution is 2.12. The predicted octanol–water partition coefficient (Wildman–Crippen LogP) is -0.736. The number of hydrogen-bond donors (Lipinski definition) is 1. The van der Waals surface area contributed by atoms with Crippen LogP contribution in [0.5, 0.6) is 0 Å². The zero-order valence-electron chi connectivity index (χ0n) is 9.23. The molecule has 0 radical (unpaired) electrons. The molecule has 0 aromatic rings. The molecule has 1 unspecified atom stereocenters. The smallest absolute Gasteiger partial charge is 0.311 e. The average molecular weight is 225 g/mol. The van der Waals surface area contributed by atoms with Crippen LogP contribution in [0.25, 0.3) is 0 Å². The van der Waals surface area contributed by atoms with Crippen molar-refractivity contribution < 1.29 is 14.3 Å². The van der Waals surface area contributed by atoms with Gasteiger partial charge in [-0.2, -0.15) is 5.26 Å². The molecule has 0 aromatic carbocycles. The molecule has 16 heavy (non-hydrogen) atoms. The first-order valence-electron chi connectivity index (χ1n) is 5.17. The Kier molecular flexibility index (Phi) is 4.73. The van der Waals surface area contributed by atoms with Gasteiger partial charge in [-0.3, -0.25) is 9.59 Å². The fourth-order valence-electron chi connectivity index (χ4n) is 1.55. The van der Waals surface area contributed by atoms with Gasteiger partial charge in [0, 0.05) is 20.2 Å². The van der Waals surface area contributed by atoms with E-state index in [0.717, 1.165) is 12.8 Å². The molecule has 1 atom stereocenters. The van der Waals surface area contributed by atoms with Gasteiger partial charge in [-0.1, -0.05) is 0 Å². The van der Waals surface area contributed by atoms with Gasteiger partial charge >= 0.3 is 11.8 Å². The Balaban J connectivity index is 2.34. The topological polar surface area (TPSA) is 82.4 Å². The Morgan fingerprint density at radius 2 is 2.38 bits per heavy atom. The molecule has 6 heteroatoms. The third kappa shape index (κ3) is 3.51. The number of hydrogen-bond acceptors (Lipinski definition) is 4. The SMILES string of the molecule is CN(CC1CCCO1)C(=O)C(=O)NCC#N. The molecule has 0 aromatic heterocycles. The second-order valence-electron chi connectivity index (χ2n) is 3.66. The largest absolute Gasteiger partial charge is 0.376 e. The van der Waals surface area contributed by atoms with E-state index in [4.69, 9.17) is 10.00 Å². The second kappa shape index (κ2) is 6.08. The standard InChI is InChI=1S/C10H15N3O3/c1-13(7-8-3-2-6-16-8)10(15)9(14)12-5-4-11/h8H,2-3,5-7H2,1H3,(H,12,14). The van der Waals surface area contributed by atoms with Gasteiger partial charge in [-0.25, -0.2) is 0 Å². The van der Waals surface area contributed by atoms with E-state index in [1.807, 2.05) is 0 Å². The van der Waals surface area contributed by atoms with Crippen molar-refractivity contribution >= 4 is 11.8 Å². The normalized spacial score (nSPS) is 18.9. The van der Waals surface area contributed by atoms with E-state index in [1.165, 1.54) is 4.90 Å². The maximum atomic E-state index is 11.5. The number of carbonyl (C=O) groups is 2. The molecule has 1 aliphatic rings. The maximum absolute atomic E-state index is 11.5. The molecule has 1 aliphatic heterocycles. The molecule has 0 aliphatic carbocycles. The number of nitrogens with one attached hydrogen (secondary N) is 1. The van der Waals surface area contributed by atoms with Crippen molar-refractivity contribution in [3.05, 3.63) is 0 Å². The van der Waals surface area contributed by atoms with E-state index >= 15 is 0 Å². The number of nitriles is 1. The summed E-state index contributed by atoms with van der Waals surface area (Å²) < 4.78 is 5.36. The summed E-state index contributed by atoms with van der Waals surface area (Å²) in [7, 11) is 1.55. The molecule has 0 bridgehead atoms. The zero-order valence-corrected chi connectivity index (χ0v) is 9.23. The molecule has 1 fully saturated rings. The highest BCUT2D eigenvalue weighted by atomic mass is 16.5. The van der Waals surface area contributed by atoms with E-state index in [-0.39, 0.29) is 12.6 Å². The van der Waals surface area contributed by atoms with Gasteiger partial charge in [0.05, 0.1) is 12.2 Å². The van der Waals surface area contributed by atoms with Crippen LogP contribution in [0.3, 0.4) is 0 Å². The van der Waals surface area contributed by atoms with Crippen LogP contribution in [0, 0.1) is 11.3 Å².